The Hall–Kier alpha value is -6.19. The number of carbonyl (C=O) groups is 2. The van der Waals surface area contributed by atoms with Gasteiger partial charge in [-0.15, -0.1) is 0 Å². The van der Waals surface area contributed by atoms with E-state index in [-0.39, 0.29) is 42.6 Å². The summed E-state index contributed by atoms with van der Waals surface area (Å²) < 4.78 is 42.9. The lowest BCUT2D eigenvalue weighted by atomic mass is 9.85. The lowest BCUT2D eigenvalue weighted by Crippen LogP contribution is -2.57. The van der Waals surface area contributed by atoms with Crippen LogP contribution in [0.25, 0.3) is 11.1 Å². The number of likely N-dealkylation sites (tertiary alicyclic amines) is 1. The van der Waals surface area contributed by atoms with Gasteiger partial charge >= 0.3 is 0 Å². The number of nitrogens with one attached hydrogen (secondary N) is 3. The molecule has 3 aliphatic heterocycles. The van der Waals surface area contributed by atoms with Crippen LogP contribution in [0.2, 0.25) is 0 Å². The highest BCUT2D eigenvalue weighted by Gasteiger charge is 2.50. The average Bonchev–Trinajstić information content (AvgIpc) is 3.68. The van der Waals surface area contributed by atoms with E-state index in [1.54, 1.807) is 24.3 Å². The Bertz CT molecular complexity index is 2730. The Balaban J connectivity index is 0.869. The largest absolute Gasteiger partial charge is 0.392 e. The van der Waals surface area contributed by atoms with Gasteiger partial charge in [0.05, 0.1) is 30.4 Å². The summed E-state index contributed by atoms with van der Waals surface area (Å²) >= 11 is 0. The number of amides is 2. The number of hydrogen-bond acceptors (Lipinski definition) is 9. The number of rotatable bonds is 15. The summed E-state index contributed by atoms with van der Waals surface area (Å²) in [5.41, 5.74) is 7.76. The zero-order valence-corrected chi connectivity index (χ0v) is 38.4. The summed E-state index contributed by atoms with van der Waals surface area (Å²) in [6.45, 7) is 4.78. The first-order valence-electron chi connectivity index (χ1n) is 23.0. The highest BCUT2D eigenvalue weighted by Crippen LogP contribution is 2.40. The molecule has 3 heterocycles. The number of anilines is 1. The summed E-state index contributed by atoms with van der Waals surface area (Å²) in [5.74, 6) is -0.334. The fraction of sp³-hybridized carbons (Fsp3) is 0.296. The Morgan fingerprint density at radius 3 is 2.15 bits per heavy atom. The molecule has 4 atom stereocenters. The van der Waals surface area contributed by atoms with Crippen LogP contribution in [0.15, 0.2) is 163 Å². The van der Waals surface area contributed by atoms with Gasteiger partial charge in [0.2, 0.25) is 21.8 Å². The Labute approximate surface area is 393 Å². The average molecular weight is 920 g/mol. The van der Waals surface area contributed by atoms with Crippen molar-refractivity contribution in [1.82, 2.24) is 20.3 Å². The van der Waals surface area contributed by atoms with Crippen molar-refractivity contribution in [2.75, 3.05) is 31.2 Å². The van der Waals surface area contributed by atoms with Gasteiger partial charge in [-0.2, -0.15) is 4.72 Å². The molecular formula is C54H57N5O7S. The van der Waals surface area contributed by atoms with Crippen molar-refractivity contribution >= 4 is 27.5 Å². The van der Waals surface area contributed by atoms with Crippen molar-refractivity contribution in [3.05, 3.63) is 191 Å². The van der Waals surface area contributed by atoms with E-state index in [9.17, 15) is 23.1 Å². The molecule has 3 fully saturated rings. The van der Waals surface area contributed by atoms with Gasteiger partial charge in [0.1, 0.15) is 11.6 Å². The van der Waals surface area contributed by atoms with Gasteiger partial charge in [-0.25, -0.2) is 8.42 Å². The quantitative estimate of drug-likeness (QED) is 0.0831. The normalized spacial score (nSPS) is 20.1. The van der Waals surface area contributed by atoms with Crippen molar-refractivity contribution in [2.45, 2.75) is 80.7 Å². The fourth-order valence-corrected chi connectivity index (χ4v) is 10.7. The molecule has 9 rings (SSSR count). The summed E-state index contributed by atoms with van der Waals surface area (Å²) in [6.07, 6.45) is 1.25. The van der Waals surface area contributed by atoms with Crippen LogP contribution in [0, 0.1) is 6.92 Å². The number of benzene rings is 6. The number of nitrogens with zero attached hydrogens (tertiary/aromatic N) is 2. The zero-order valence-electron chi connectivity index (χ0n) is 37.6. The molecule has 0 bridgehead atoms. The molecule has 346 valence electrons. The van der Waals surface area contributed by atoms with Crippen LogP contribution in [0.5, 0.6) is 0 Å². The second-order valence-electron chi connectivity index (χ2n) is 17.8. The molecule has 1 spiro atoms. The Morgan fingerprint density at radius 2 is 1.45 bits per heavy atom. The second kappa shape index (κ2) is 20.4. The third kappa shape index (κ3) is 10.7. The third-order valence-electron chi connectivity index (χ3n) is 13.3. The number of ether oxygens (including phenoxy) is 2. The highest BCUT2D eigenvalue weighted by molar-refractivity contribution is 7.89. The maximum Gasteiger partial charge on any atom is 0.247 e. The van der Waals surface area contributed by atoms with Gasteiger partial charge in [-0.1, -0.05) is 133 Å². The standard InChI is InChI=1S/C54H57N5O7S/c1-38-15-25-48(26-16-38)67(63,64)57-49(32-39-9-4-2-5-10-39)51(61)55-34-41-11-8-12-45(31-41)42-21-23-44(24-22-42)52-65-47(33-50(66-52)43-19-17-40(36-60)18-20-43)35-58-29-27-54(28-30-58)53(62)56-37-59(54)46-13-6-3-7-14-46/h2-26,31,47,49-50,52,57,60H,27-30,32-37H2,1H3,(H,55,61)(H,56,62). The molecule has 0 aliphatic carbocycles. The Morgan fingerprint density at radius 1 is 0.776 bits per heavy atom. The summed E-state index contributed by atoms with van der Waals surface area (Å²) in [5, 5.41) is 15.8. The molecule has 4 N–H and O–H groups in total. The molecule has 3 aliphatic rings. The summed E-state index contributed by atoms with van der Waals surface area (Å²) in [7, 11) is -3.98. The first-order valence-corrected chi connectivity index (χ1v) is 24.5. The molecule has 2 amide bonds. The monoisotopic (exact) mass is 919 g/mol. The van der Waals surface area contributed by atoms with Gasteiger partial charge in [-0.3, -0.25) is 9.59 Å². The molecule has 0 radical (unpaired) electrons. The molecule has 6 aromatic carbocycles. The lowest BCUT2D eigenvalue weighted by Gasteiger charge is -2.45. The number of aryl methyl sites for hydroxylation is 1. The van der Waals surface area contributed by atoms with Gasteiger partial charge < -0.3 is 35.0 Å². The molecule has 12 nitrogen and oxygen atoms in total. The number of hydrogen-bond donors (Lipinski definition) is 4. The minimum absolute atomic E-state index is 0.0334. The van der Waals surface area contributed by atoms with E-state index >= 15 is 0 Å². The van der Waals surface area contributed by atoms with E-state index < -0.39 is 33.8 Å². The number of piperidine rings is 1. The second-order valence-corrected chi connectivity index (χ2v) is 19.5. The van der Waals surface area contributed by atoms with Crippen LogP contribution >= 0.6 is 0 Å². The van der Waals surface area contributed by atoms with Crippen molar-refractivity contribution in [2.24, 2.45) is 0 Å². The molecule has 4 unspecified atom stereocenters. The first kappa shape index (κ1) is 45.9. The van der Waals surface area contributed by atoms with Gasteiger partial charge in [0, 0.05) is 43.9 Å². The zero-order chi connectivity index (χ0) is 46.4. The molecule has 67 heavy (non-hydrogen) atoms. The molecule has 13 heteroatoms. The topological polar surface area (TPSA) is 150 Å². The van der Waals surface area contributed by atoms with Crippen molar-refractivity contribution in [1.29, 1.82) is 0 Å². The summed E-state index contributed by atoms with van der Waals surface area (Å²) in [4.78, 5) is 31.8. The maximum absolute atomic E-state index is 13.7. The smallest absolute Gasteiger partial charge is 0.247 e. The number of carbonyl (C=O) groups excluding carboxylic acids is 2. The van der Waals surface area contributed by atoms with E-state index in [0.717, 1.165) is 63.3 Å². The predicted octanol–water partition coefficient (Wildman–Crippen LogP) is 7.33. The highest BCUT2D eigenvalue weighted by atomic mass is 32.2. The van der Waals surface area contributed by atoms with Gasteiger partial charge in [-0.05, 0) is 89.9 Å². The lowest BCUT2D eigenvalue weighted by molar-refractivity contribution is -0.253. The number of aliphatic hydroxyl groups is 1. The van der Waals surface area contributed by atoms with Crippen molar-refractivity contribution < 1.29 is 32.6 Å². The number of aliphatic hydroxyl groups excluding tert-OH is 1. The maximum atomic E-state index is 13.7. The summed E-state index contributed by atoms with van der Waals surface area (Å²) in [6, 6.07) is 49.0. The van der Waals surface area contributed by atoms with Crippen LogP contribution in [0.3, 0.4) is 0 Å². The van der Waals surface area contributed by atoms with Crippen LogP contribution in [-0.2, 0) is 48.7 Å². The number of para-hydroxylation sites is 1. The molecule has 3 saturated heterocycles. The van der Waals surface area contributed by atoms with Crippen LogP contribution < -0.4 is 20.3 Å². The fourth-order valence-electron chi connectivity index (χ4n) is 9.48. The van der Waals surface area contributed by atoms with E-state index in [1.807, 2.05) is 128 Å². The molecular weight excluding hydrogens is 863 g/mol. The SMILES string of the molecule is Cc1ccc(S(=O)(=O)NC(Cc2ccccc2)C(=O)NCc2cccc(-c3ccc(C4OC(CN5CCC6(CC5)C(=O)NCN6c5ccccc5)CC(c5ccc(CO)cc5)O4)cc3)c2)cc1. The molecule has 0 aromatic heterocycles. The Kier molecular flexibility index (Phi) is 14.0. The van der Waals surface area contributed by atoms with Crippen LogP contribution in [0.4, 0.5) is 5.69 Å². The predicted molar refractivity (Wildman–Crippen MR) is 258 cm³/mol. The minimum Gasteiger partial charge on any atom is -0.392 e. The first-order chi connectivity index (χ1) is 32.5. The van der Waals surface area contributed by atoms with Crippen molar-refractivity contribution in [3.8, 4) is 11.1 Å². The van der Waals surface area contributed by atoms with Gasteiger partial charge in [0.25, 0.3) is 0 Å². The van der Waals surface area contributed by atoms with Crippen LogP contribution in [-0.4, -0.2) is 74.2 Å². The van der Waals surface area contributed by atoms with E-state index in [0.29, 0.717) is 32.5 Å². The number of sulfonamides is 1. The minimum atomic E-state index is -3.98. The van der Waals surface area contributed by atoms with Crippen LogP contribution in [0.1, 0.15) is 65.0 Å². The van der Waals surface area contributed by atoms with Gasteiger partial charge in [0.15, 0.2) is 6.29 Å². The van der Waals surface area contributed by atoms with E-state index in [1.165, 1.54) is 0 Å². The third-order valence-corrected chi connectivity index (χ3v) is 14.8. The molecule has 0 saturated carbocycles. The van der Waals surface area contributed by atoms with E-state index in [2.05, 4.69) is 37.3 Å². The van der Waals surface area contributed by atoms with E-state index in [4.69, 9.17) is 9.47 Å². The molecule has 6 aromatic rings. The van der Waals surface area contributed by atoms with Crippen molar-refractivity contribution in [3.63, 3.8) is 0 Å².